The van der Waals surface area contributed by atoms with E-state index in [1.54, 1.807) is 19.2 Å². The number of aryl methyl sites for hydroxylation is 1. The van der Waals surface area contributed by atoms with Gasteiger partial charge in [0, 0.05) is 16.5 Å². The van der Waals surface area contributed by atoms with Crippen LogP contribution in [0.4, 0.5) is 4.39 Å². The molecule has 0 aliphatic heterocycles. The SMILES string of the molecule is CNC(c1ccc(OC)cc1F)c1scc(C)c1Cl. The first-order chi connectivity index (χ1) is 9.08. The summed E-state index contributed by atoms with van der Waals surface area (Å²) in [5.74, 6) is 0.199. The number of ether oxygens (including phenoxy) is 1. The quantitative estimate of drug-likeness (QED) is 0.915. The van der Waals surface area contributed by atoms with Crippen LogP contribution in [-0.4, -0.2) is 14.2 Å². The molecular formula is C14H15ClFNOS. The van der Waals surface area contributed by atoms with Crippen LogP contribution in [-0.2, 0) is 0 Å². The minimum Gasteiger partial charge on any atom is -0.497 e. The maximum atomic E-state index is 14.1. The topological polar surface area (TPSA) is 21.3 Å². The van der Waals surface area contributed by atoms with Crippen molar-refractivity contribution in [2.75, 3.05) is 14.2 Å². The summed E-state index contributed by atoms with van der Waals surface area (Å²) in [5.41, 5.74) is 1.57. The van der Waals surface area contributed by atoms with Gasteiger partial charge in [-0.1, -0.05) is 17.7 Å². The fourth-order valence-electron chi connectivity index (χ4n) is 1.94. The predicted molar refractivity (Wildman–Crippen MR) is 77.9 cm³/mol. The molecule has 0 radical (unpaired) electrons. The molecule has 0 spiro atoms. The van der Waals surface area contributed by atoms with Gasteiger partial charge in [0.25, 0.3) is 0 Å². The van der Waals surface area contributed by atoms with Gasteiger partial charge in [0.2, 0.25) is 0 Å². The zero-order valence-corrected chi connectivity index (χ0v) is 12.5. The minimum absolute atomic E-state index is 0.253. The van der Waals surface area contributed by atoms with Crippen LogP contribution in [0.15, 0.2) is 23.6 Å². The summed E-state index contributed by atoms with van der Waals surface area (Å²) in [6.07, 6.45) is 0. The second kappa shape index (κ2) is 5.90. The Hall–Kier alpha value is -1.10. The average Bonchev–Trinajstić information content (AvgIpc) is 2.73. The van der Waals surface area contributed by atoms with Gasteiger partial charge in [-0.25, -0.2) is 4.39 Å². The Morgan fingerprint density at radius 1 is 1.42 bits per heavy atom. The molecule has 0 aliphatic rings. The molecule has 1 N–H and O–H groups in total. The molecule has 102 valence electrons. The van der Waals surface area contributed by atoms with Crippen LogP contribution in [0, 0.1) is 12.7 Å². The van der Waals surface area contributed by atoms with Crippen LogP contribution < -0.4 is 10.1 Å². The molecule has 1 heterocycles. The molecular weight excluding hydrogens is 285 g/mol. The summed E-state index contributed by atoms with van der Waals surface area (Å²) < 4.78 is 19.2. The highest BCUT2D eigenvalue weighted by atomic mass is 35.5. The Balaban J connectivity index is 2.45. The van der Waals surface area contributed by atoms with E-state index in [0.29, 0.717) is 16.3 Å². The van der Waals surface area contributed by atoms with E-state index < -0.39 is 0 Å². The predicted octanol–water partition coefficient (Wildman–Crippen LogP) is 4.17. The van der Waals surface area contributed by atoms with E-state index in [2.05, 4.69) is 5.32 Å². The molecule has 2 nitrogen and oxygen atoms in total. The lowest BCUT2D eigenvalue weighted by molar-refractivity contribution is 0.410. The van der Waals surface area contributed by atoms with Gasteiger partial charge in [0.05, 0.1) is 18.2 Å². The lowest BCUT2D eigenvalue weighted by Gasteiger charge is -2.17. The van der Waals surface area contributed by atoms with E-state index in [-0.39, 0.29) is 11.9 Å². The molecule has 0 saturated carbocycles. The normalized spacial score (nSPS) is 12.5. The number of benzene rings is 1. The lowest BCUT2D eigenvalue weighted by Crippen LogP contribution is -2.18. The summed E-state index contributed by atoms with van der Waals surface area (Å²) in [4.78, 5) is 0.922. The van der Waals surface area contributed by atoms with Crippen molar-refractivity contribution in [1.29, 1.82) is 0 Å². The van der Waals surface area contributed by atoms with Crippen molar-refractivity contribution in [3.63, 3.8) is 0 Å². The molecule has 0 bridgehead atoms. The Morgan fingerprint density at radius 3 is 2.63 bits per heavy atom. The van der Waals surface area contributed by atoms with Gasteiger partial charge < -0.3 is 10.1 Å². The van der Waals surface area contributed by atoms with Gasteiger partial charge in [0.1, 0.15) is 11.6 Å². The maximum Gasteiger partial charge on any atom is 0.132 e. The van der Waals surface area contributed by atoms with Crippen LogP contribution in [0.25, 0.3) is 0 Å². The third-order valence-electron chi connectivity index (χ3n) is 2.99. The van der Waals surface area contributed by atoms with Gasteiger partial charge in [-0.3, -0.25) is 0 Å². The standard InChI is InChI=1S/C14H15ClFNOS/c1-8-7-19-14(12(8)15)13(17-2)10-5-4-9(18-3)6-11(10)16/h4-7,13,17H,1-3H3. The Bertz CT molecular complexity index is 585. The summed E-state index contributed by atoms with van der Waals surface area (Å²) in [6, 6.07) is 4.60. The van der Waals surface area contributed by atoms with Gasteiger partial charge in [-0.05, 0) is 31.0 Å². The zero-order chi connectivity index (χ0) is 14.0. The number of methoxy groups -OCH3 is 1. The van der Waals surface area contributed by atoms with Gasteiger partial charge in [-0.2, -0.15) is 0 Å². The number of nitrogens with one attached hydrogen (secondary N) is 1. The van der Waals surface area contributed by atoms with Crippen molar-refractivity contribution in [3.05, 3.63) is 50.4 Å². The van der Waals surface area contributed by atoms with Crippen LogP contribution in [0.1, 0.15) is 22.0 Å². The minimum atomic E-state index is -0.305. The number of thiophene rings is 1. The van der Waals surface area contributed by atoms with E-state index >= 15 is 0 Å². The van der Waals surface area contributed by atoms with Crippen molar-refractivity contribution in [2.24, 2.45) is 0 Å². The Labute approximate surface area is 121 Å². The second-order valence-electron chi connectivity index (χ2n) is 4.21. The van der Waals surface area contributed by atoms with Crippen LogP contribution in [0.3, 0.4) is 0 Å². The number of hydrogen-bond acceptors (Lipinski definition) is 3. The van der Waals surface area contributed by atoms with Crippen LogP contribution >= 0.6 is 22.9 Å². The number of halogens is 2. The Morgan fingerprint density at radius 2 is 2.16 bits per heavy atom. The molecule has 0 saturated heterocycles. The Kier molecular flexibility index (Phi) is 4.45. The molecule has 0 amide bonds. The molecule has 1 aromatic carbocycles. The highest BCUT2D eigenvalue weighted by Crippen LogP contribution is 2.36. The van der Waals surface area contributed by atoms with Gasteiger partial charge in [0.15, 0.2) is 0 Å². The highest BCUT2D eigenvalue weighted by molar-refractivity contribution is 7.10. The van der Waals surface area contributed by atoms with E-state index in [9.17, 15) is 4.39 Å². The summed E-state index contributed by atoms with van der Waals surface area (Å²) in [6.45, 7) is 1.94. The molecule has 1 aromatic heterocycles. The van der Waals surface area contributed by atoms with Gasteiger partial charge in [-0.15, -0.1) is 11.3 Å². The smallest absolute Gasteiger partial charge is 0.132 e. The molecule has 1 unspecified atom stereocenters. The van der Waals surface area contributed by atoms with Crippen molar-refractivity contribution >= 4 is 22.9 Å². The summed E-state index contributed by atoms with van der Waals surface area (Å²) >= 11 is 7.80. The van der Waals surface area contributed by atoms with Crippen molar-refractivity contribution in [1.82, 2.24) is 5.32 Å². The highest BCUT2D eigenvalue weighted by Gasteiger charge is 2.21. The van der Waals surface area contributed by atoms with E-state index in [4.69, 9.17) is 16.3 Å². The monoisotopic (exact) mass is 299 g/mol. The third-order valence-corrected chi connectivity index (χ3v) is 4.77. The molecule has 2 rings (SSSR count). The largest absolute Gasteiger partial charge is 0.497 e. The van der Waals surface area contributed by atoms with Crippen LogP contribution in [0.2, 0.25) is 5.02 Å². The third kappa shape index (κ3) is 2.76. The second-order valence-corrected chi connectivity index (χ2v) is 5.50. The van der Waals surface area contributed by atoms with Crippen molar-refractivity contribution < 1.29 is 9.13 Å². The fourth-order valence-corrected chi connectivity index (χ4v) is 3.37. The first-order valence-electron chi connectivity index (χ1n) is 5.82. The van der Waals surface area contributed by atoms with E-state index in [0.717, 1.165) is 10.4 Å². The maximum absolute atomic E-state index is 14.1. The first-order valence-corrected chi connectivity index (χ1v) is 7.08. The van der Waals surface area contributed by atoms with Crippen molar-refractivity contribution in [3.8, 4) is 5.75 Å². The van der Waals surface area contributed by atoms with E-state index in [1.165, 1.54) is 24.5 Å². The number of rotatable bonds is 4. The molecule has 0 aliphatic carbocycles. The fraction of sp³-hybridized carbons (Fsp3) is 0.286. The zero-order valence-electron chi connectivity index (χ0n) is 11.0. The summed E-state index contributed by atoms with van der Waals surface area (Å²) in [5, 5.41) is 5.78. The molecule has 0 fully saturated rings. The van der Waals surface area contributed by atoms with E-state index in [1.807, 2.05) is 12.3 Å². The first kappa shape index (κ1) is 14.3. The summed E-state index contributed by atoms with van der Waals surface area (Å²) in [7, 11) is 3.31. The molecule has 19 heavy (non-hydrogen) atoms. The number of hydrogen-bond donors (Lipinski definition) is 1. The molecule has 1 atom stereocenters. The average molecular weight is 300 g/mol. The lowest BCUT2D eigenvalue weighted by atomic mass is 10.0. The van der Waals surface area contributed by atoms with Crippen molar-refractivity contribution in [2.45, 2.75) is 13.0 Å². The molecule has 2 aromatic rings. The van der Waals surface area contributed by atoms with Gasteiger partial charge >= 0.3 is 0 Å². The van der Waals surface area contributed by atoms with Crippen LogP contribution in [0.5, 0.6) is 5.75 Å². The molecule has 5 heteroatoms.